The molecule has 0 unspecified atom stereocenters. The quantitative estimate of drug-likeness (QED) is 0.688. The van der Waals surface area contributed by atoms with E-state index in [1.807, 2.05) is 0 Å². The van der Waals surface area contributed by atoms with E-state index in [0.29, 0.717) is 12.3 Å². The summed E-state index contributed by atoms with van der Waals surface area (Å²) >= 11 is 0. The Labute approximate surface area is 122 Å². The van der Waals surface area contributed by atoms with Gasteiger partial charge in [-0.3, -0.25) is 4.90 Å². The molecule has 1 fully saturated rings. The number of morpholine rings is 1. The van der Waals surface area contributed by atoms with Gasteiger partial charge in [-0.1, -0.05) is 0 Å². The van der Waals surface area contributed by atoms with Crippen molar-refractivity contribution in [1.29, 1.82) is 0 Å². The molecule has 0 saturated carbocycles. The van der Waals surface area contributed by atoms with Crippen molar-refractivity contribution < 1.29 is 23.8 Å². The normalized spacial score (nSPS) is 15.6. The SMILES string of the molecule is O=C(NCCN1CCOCC1)NCc1ccc(C(=O)O)o1. The molecule has 1 aliphatic heterocycles. The van der Waals surface area contributed by atoms with Gasteiger partial charge in [0.05, 0.1) is 19.8 Å². The molecule has 1 saturated heterocycles. The summed E-state index contributed by atoms with van der Waals surface area (Å²) in [5, 5.41) is 14.1. The Morgan fingerprint density at radius 1 is 1.24 bits per heavy atom. The molecule has 0 bridgehead atoms. The van der Waals surface area contributed by atoms with Crippen LogP contribution >= 0.6 is 0 Å². The number of ether oxygens (including phenoxy) is 1. The van der Waals surface area contributed by atoms with E-state index in [9.17, 15) is 9.59 Å². The number of carboxylic acid groups (broad SMARTS) is 1. The summed E-state index contributed by atoms with van der Waals surface area (Å²) in [6.07, 6.45) is 0. The number of carbonyl (C=O) groups is 2. The van der Waals surface area contributed by atoms with Crippen molar-refractivity contribution >= 4 is 12.0 Å². The molecule has 116 valence electrons. The number of hydrogen-bond acceptors (Lipinski definition) is 5. The number of nitrogens with one attached hydrogen (secondary N) is 2. The Bertz CT molecular complexity index is 482. The number of furan rings is 1. The van der Waals surface area contributed by atoms with E-state index in [0.717, 1.165) is 32.8 Å². The third-order valence-corrected chi connectivity index (χ3v) is 3.11. The summed E-state index contributed by atoms with van der Waals surface area (Å²) in [6.45, 7) is 4.70. The lowest BCUT2D eigenvalue weighted by molar-refractivity contribution is 0.0387. The van der Waals surface area contributed by atoms with Crippen molar-refractivity contribution in [1.82, 2.24) is 15.5 Å². The molecule has 0 atom stereocenters. The molecule has 2 rings (SSSR count). The second-order valence-electron chi connectivity index (χ2n) is 4.63. The van der Waals surface area contributed by atoms with E-state index in [2.05, 4.69) is 15.5 Å². The summed E-state index contributed by atoms with van der Waals surface area (Å²) in [4.78, 5) is 24.4. The van der Waals surface area contributed by atoms with Crippen LogP contribution in [-0.4, -0.2) is 61.4 Å². The highest BCUT2D eigenvalue weighted by atomic mass is 16.5. The van der Waals surface area contributed by atoms with E-state index in [4.69, 9.17) is 14.3 Å². The van der Waals surface area contributed by atoms with E-state index in [-0.39, 0.29) is 18.3 Å². The first-order chi connectivity index (χ1) is 10.1. The molecule has 8 heteroatoms. The number of amides is 2. The van der Waals surface area contributed by atoms with Crippen LogP contribution in [0.3, 0.4) is 0 Å². The number of hydrogen-bond donors (Lipinski definition) is 3. The molecule has 2 heterocycles. The van der Waals surface area contributed by atoms with Crippen LogP contribution in [0.5, 0.6) is 0 Å². The first-order valence-electron chi connectivity index (χ1n) is 6.79. The minimum atomic E-state index is -1.13. The Morgan fingerprint density at radius 2 is 2.00 bits per heavy atom. The van der Waals surface area contributed by atoms with Crippen molar-refractivity contribution in [3.8, 4) is 0 Å². The van der Waals surface area contributed by atoms with Crippen molar-refractivity contribution in [3.05, 3.63) is 23.7 Å². The van der Waals surface area contributed by atoms with Gasteiger partial charge in [0.25, 0.3) is 0 Å². The zero-order valence-corrected chi connectivity index (χ0v) is 11.6. The number of carbonyl (C=O) groups excluding carboxylic acids is 1. The minimum Gasteiger partial charge on any atom is -0.475 e. The van der Waals surface area contributed by atoms with Crippen LogP contribution in [0.2, 0.25) is 0 Å². The predicted molar refractivity (Wildman–Crippen MR) is 73.2 cm³/mol. The average Bonchev–Trinajstić information content (AvgIpc) is 2.95. The van der Waals surface area contributed by atoms with E-state index in [1.54, 1.807) is 0 Å². The first-order valence-corrected chi connectivity index (χ1v) is 6.79. The summed E-state index contributed by atoms with van der Waals surface area (Å²) < 4.78 is 10.3. The molecule has 0 aliphatic carbocycles. The number of rotatable bonds is 6. The maximum absolute atomic E-state index is 11.6. The van der Waals surface area contributed by atoms with Crippen molar-refractivity contribution in [3.63, 3.8) is 0 Å². The highest BCUT2D eigenvalue weighted by molar-refractivity contribution is 5.84. The second-order valence-corrected chi connectivity index (χ2v) is 4.63. The van der Waals surface area contributed by atoms with E-state index >= 15 is 0 Å². The Hall–Kier alpha value is -2.06. The highest BCUT2D eigenvalue weighted by Gasteiger charge is 2.11. The summed E-state index contributed by atoms with van der Waals surface area (Å²) in [6, 6.07) is 2.57. The molecule has 21 heavy (non-hydrogen) atoms. The van der Waals surface area contributed by atoms with Gasteiger partial charge in [0, 0.05) is 26.2 Å². The van der Waals surface area contributed by atoms with Gasteiger partial charge in [0.15, 0.2) is 0 Å². The highest BCUT2D eigenvalue weighted by Crippen LogP contribution is 2.07. The van der Waals surface area contributed by atoms with E-state index < -0.39 is 5.97 Å². The molecule has 1 aromatic heterocycles. The van der Waals surface area contributed by atoms with Crippen LogP contribution in [0, 0.1) is 0 Å². The molecule has 1 aliphatic rings. The number of urea groups is 1. The molecule has 8 nitrogen and oxygen atoms in total. The molecule has 0 spiro atoms. The third-order valence-electron chi connectivity index (χ3n) is 3.11. The minimum absolute atomic E-state index is 0.139. The zero-order chi connectivity index (χ0) is 15.1. The van der Waals surface area contributed by atoms with Gasteiger partial charge in [0.1, 0.15) is 5.76 Å². The third kappa shape index (κ3) is 5.09. The Morgan fingerprint density at radius 3 is 2.67 bits per heavy atom. The lowest BCUT2D eigenvalue weighted by atomic mass is 10.4. The fourth-order valence-corrected chi connectivity index (χ4v) is 1.97. The zero-order valence-electron chi connectivity index (χ0n) is 11.6. The standard InChI is InChI=1S/C13H19N3O5/c17-12(18)11-2-1-10(21-11)9-15-13(19)14-3-4-16-5-7-20-8-6-16/h1-2H,3-9H2,(H,17,18)(H2,14,15,19). The van der Waals surface area contributed by atoms with Gasteiger partial charge in [-0.05, 0) is 12.1 Å². The van der Waals surface area contributed by atoms with Crippen LogP contribution < -0.4 is 10.6 Å². The van der Waals surface area contributed by atoms with Gasteiger partial charge in [-0.2, -0.15) is 0 Å². The first kappa shape index (κ1) is 15.3. The summed E-state index contributed by atoms with van der Waals surface area (Å²) in [5.41, 5.74) is 0. The second kappa shape index (κ2) is 7.65. The summed E-state index contributed by atoms with van der Waals surface area (Å²) in [5.74, 6) is -0.869. The van der Waals surface area contributed by atoms with Crippen LogP contribution in [-0.2, 0) is 11.3 Å². The molecule has 1 aromatic rings. The van der Waals surface area contributed by atoms with Crippen LogP contribution in [0.15, 0.2) is 16.5 Å². The number of aromatic carboxylic acids is 1. The van der Waals surface area contributed by atoms with Crippen molar-refractivity contribution in [2.45, 2.75) is 6.54 Å². The van der Waals surface area contributed by atoms with Crippen LogP contribution in [0.25, 0.3) is 0 Å². The molecular formula is C13H19N3O5. The fraction of sp³-hybridized carbons (Fsp3) is 0.538. The largest absolute Gasteiger partial charge is 0.475 e. The van der Waals surface area contributed by atoms with Crippen LogP contribution in [0.1, 0.15) is 16.3 Å². The average molecular weight is 297 g/mol. The number of nitrogens with zero attached hydrogens (tertiary/aromatic N) is 1. The molecule has 0 aromatic carbocycles. The van der Waals surface area contributed by atoms with Gasteiger partial charge in [-0.15, -0.1) is 0 Å². The van der Waals surface area contributed by atoms with Crippen molar-refractivity contribution in [2.75, 3.05) is 39.4 Å². The monoisotopic (exact) mass is 297 g/mol. The lowest BCUT2D eigenvalue weighted by Crippen LogP contribution is -2.43. The Balaban J connectivity index is 1.61. The maximum Gasteiger partial charge on any atom is 0.371 e. The van der Waals surface area contributed by atoms with Gasteiger partial charge in [0.2, 0.25) is 5.76 Å². The van der Waals surface area contributed by atoms with Gasteiger partial charge < -0.3 is 24.9 Å². The summed E-state index contributed by atoms with van der Waals surface area (Å²) in [7, 11) is 0. The molecule has 0 radical (unpaired) electrons. The lowest BCUT2D eigenvalue weighted by Gasteiger charge is -2.26. The van der Waals surface area contributed by atoms with Crippen molar-refractivity contribution in [2.24, 2.45) is 0 Å². The fourth-order valence-electron chi connectivity index (χ4n) is 1.97. The predicted octanol–water partition coefficient (Wildman–Crippen LogP) is 0.109. The molecular weight excluding hydrogens is 278 g/mol. The van der Waals surface area contributed by atoms with Crippen LogP contribution in [0.4, 0.5) is 4.79 Å². The van der Waals surface area contributed by atoms with E-state index in [1.165, 1.54) is 12.1 Å². The maximum atomic E-state index is 11.6. The molecule has 3 N–H and O–H groups in total. The molecule has 2 amide bonds. The number of carboxylic acids is 1. The van der Waals surface area contributed by atoms with Gasteiger partial charge >= 0.3 is 12.0 Å². The smallest absolute Gasteiger partial charge is 0.371 e. The van der Waals surface area contributed by atoms with Gasteiger partial charge in [-0.25, -0.2) is 9.59 Å². The Kier molecular flexibility index (Phi) is 5.59. The topological polar surface area (TPSA) is 104 Å².